The zero-order valence-corrected chi connectivity index (χ0v) is 11.0. The Kier molecular flexibility index (Phi) is 5.38. The Morgan fingerprint density at radius 3 is 2.78 bits per heavy atom. The molecule has 0 spiro atoms. The third-order valence-corrected chi connectivity index (χ3v) is 4.04. The van der Waals surface area contributed by atoms with Crippen molar-refractivity contribution in [2.24, 2.45) is 11.8 Å². The Morgan fingerprint density at radius 1 is 1.33 bits per heavy atom. The summed E-state index contributed by atoms with van der Waals surface area (Å²) in [5, 5.41) is 25.3. The molecule has 1 saturated carbocycles. The van der Waals surface area contributed by atoms with Crippen LogP contribution in [0.1, 0.15) is 25.7 Å². The van der Waals surface area contributed by atoms with Gasteiger partial charge in [0.15, 0.2) is 0 Å². The quantitative estimate of drug-likeness (QED) is 0.498. The van der Waals surface area contributed by atoms with Gasteiger partial charge in [-0.2, -0.15) is 0 Å². The van der Waals surface area contributed by atoms with Crippen LogP contribution in [0.25, 0.3) is 0 Å². The Bertz CT molecular complexity index is 252. The van der Waals surface area contributed by atoms with Gasteiger partial charge in [0.1, 0.15) is 12.5 Å². The summed E-state index contributed by atoms with van der Waals surface area (Å²) in [5.74, 6) is 0.599. The molecule has 5 atom stereocenters. The number of nitrogens with one attached hydrogen (secondary N) is 2. The van der Waals surface area contributed by atoms with E-state index < -0.39 is 12.5 Å². The summed E-state index contributed by atoms with van der Waals surface area (Å²) in [4.78, 5) is 0. The molecule has 4 N–H and O–H groups in total. The first kappa shape index (κ1) is 14.2. The van der Waals surface area contributed by atoms with E-state index in [0.717, 1.165) is 32.4 Å². The Hall–Kier alpha value is -0.200. The normalized spacial score (nSPS) is 40.5. The molecule has 0 aromatic rings. The Labute approximate surface area is 109 Å². The molecule has 0 bridgehead atoms. The number of hydrogen-bond donors (Lipinski definition) is 4. The number of rotatable bonds is 6. The maximum Gasteiger partial charge on any atom is 0.110 e. The summed E-state index contributed by atoms with van der Waals surface area (Å²) >= 11 is 0. The van der Waals surface area contributed by atoms with Gasteiger partial charge in [-0.3, -0.25) is 5.32 Å². The van der Waals surface area contributed by atoms with Gasteiger partial charge >= 0.3 is 0 Å². The van der Waals surface area contributed by atoms with Crippen LogP contribution in [0.2, 0.25) is 0 Å². The summed E-state index contributed by atoms with van der Waals surface area (Å²) in [6.45, 7) is 1.73. The number of piperidine rings is 1. The van der Waals surface area contributed by atoms with Gasteiger partial charge in [0.25, 0.3) is 0 Å². The zero-order chi connectivity index (χ0) is 13.0. The lowest BCUT2D eigenvalue weighted by molar-refractivity contribution is -0.101. The van der Waals surface area contributed by atoms with Gasteiger partial charge < -0.3 is 20.3 Å². The molecule has 0 aromatic carbocycles. The molecule has 5 heteroatoms. The fourth-order valence-electron chi connectivity index (χ4n) is 2.84. The molecule has 1 radical (unpaired) electrons. The largest absolute Gasteiger partial charge is 0.379 e. The van der Waals surface area contributed by atoms with E-state index in [1.54, 1.807) is 0 Å². The van der Waals surface area contributed by atoms with E-state index in [4.69, 9.17) is 4.74 Å². The molecule has 0 aromatic heterocycles. The predicted octanol–water partition coefficient (Wildman–Crippen LogP) is -0.158. The van der Waals surface area contributed by atoms with Crippen molar-refractivity contribution < 1.29 is 14.9 Å². The van der Waals surface area contributed by atoms with Gasteiger partial charge in [-0.05, 0) is 51.6 Å². The van der Waals surface area contributed by atoms with Crippen LogP contribution in [0.3, 0.4) is 0 Å². The average molecular weight is 257 g/mol. The summed E-state index contributed by atoms with van der Waals surface area (Å²) in [5.41, 5.74) is 0. The van der Waals surface area contributed by atoms with E-state index in [-0.39, 0.29) is 12.0 Å². The molecule has 1 aliphatic heterocycles. The molecule has 5 unspecified atom stereocenters. The molecular formula is C13H25N2O3. The van der Waals surface area contributed by atoms with Gasteiger partial charge in [-0.25, -0.2) is 0 Å². The van der Waals surface area contributed by atoms with Gasteiger partial charge in [0, 0.05) is 12.5 Å². The second-order valence-electron chi connectivity index (χ2n) is 5.30. The highest BCUT2D eigenvalue weighted by Gasteiger charge is 2.42. The standard InChI is InChI=1S/C13H25N2O3/c1-14-7-2-8-18-11-5-3-9(11)10-4-6-12(16)15-13(10)17/h5,9-17H,2-4,6-8H2,1H3. The second-order valence-corrected chi connectivity index (χ2v) is 5.30. The average Bonchev–Trinajstić information content (AvgIpc) is 2.31. The maximum absolute atomic E-state index is 9.95. The van der Waals surface area contributed by atoms with Gasteiger partial charge in [-0.1, -0.05) is 0 Å². The van der Waals surface area contributed by atoms with E-state index in [2.05, 4.69) is 17.1 Å². The molecule has 0 amide bonds. The van der Waals surface area contributed by atoms with E-state index in [1.807, 2.05) is 7.05 Å². The predicted molar refractivity (Wildman–Crippen MR) is 68.6 cm³/mol. The molecule has 18 heavy (non-hydrogen) atoms. The van der Waals surface area contributed by atoms with Crippen molar-refractivity contribution in [1.82, 2.24) is 10.6 Å². The fraction of sp³-hybridized carbons (Fsp3) is 0.923. The maximum atomic E-state index is 9.95. The smallest absolute Gasteiger partial charge is 0.110 e. The summed E-state index contributed by atoms with van der Waals surface area (Å²) in [6, 6.07) is 0. The minimum Gasteiger partial charge on any atom is -0.379 e. The lowest BCUT2D eigenvalue weighted by Gasteiger charge is -2.45. The monoisotopic (exact) mass is 257 g/mol. The number of aliphatic hydroxyl groups excluding tert-OH is 2. The molecule has 5 nitrogen and oxygen atoms in total. The third-order valence-electron chi connectivity index (χ3n) is 4.04. The Balaban J connectivity index is 1.72. The first-order chi connectivity index (χ1) is 8.72. The highest BCUT2D eigenvalue weighted by Crippen LogP contribution is 2.40. The molecular weight excluding hydrogens is 232 g/mol. The van der Waals surface area contributed by atoms with E-state index in [1.165, 1.54) is 0 Å². The third kappa shape index (κ3) is 3.42. The van der Waals surface area contributed by atoms with Crippen LogP contribution in [0.15, 0.2) is 0 Å². The van der Waals surface area contributed by atoms with Crippen LogP contribution in [-0.2, 0) is 4.74 Å². The lowest BCUT2D eigenvalue weighted by Crippen LogP contribution is -2.54. The second kappa shape index (κ2) is 6.82. The topological polar surface area (TPSA) is 73.8 Å². The SMILES string of the molecule is CNCCCOC1[CH]CC1C1CCC(O)NC1O. The lowest BCUT2D eigenvalue weighted by atomic mass is 9.70. The van der Waals surface area contributed by atoms with Crippen molar-refractivity contribution in [3.63, 3.8) is 0 Å². The van der Waals surface area contributed by atoms with Crippen molar-refractivity contribution in [3.05, 3.63) is 6.42 Å². The van der Waals surface area contributed by atoms with E-state index in [9.17, 15) is 10.2 Å². The molecule has 1 heterocycles. The van der Waals surface area contributed by atoms with Crippen LogP contribution in [-0.4, -0.2) is 49.0 Å². The number of ether oxygens (including phenoxy) is 1. The summed E-state index contributed by atoms with van der Waals surface area (Å²) < 4.78 is 5.82. The minimum absolute atomic E-state index is 0.179. The molecule has 2 rings (SSSR count). The first-order valence-corrected chi connectivity index (χ1v) is 6.94. The highest BCUT2D eigenvalue weighted by atomic mass is 16.5. The highest BCUT2D eigenvalue weighted by molar-refractivity contribution is 5.02. The van der Waals surface area contributed by atoms with Crippen LogP contribution < -0.4 is 10.6 Å². The molecule has 105 valence electrons. The van der Waals surface area contributed by atoms with Crippen molar-refractivity contribution in [2.75, 3.05) is 20.2 Å². The minimum atomic E-state index is -0.601. The number of aliphatic hydroxyl groups is 2. The van der Waals surface area contributed by atoms with Crippen molar-refractivity contribution >= 4 is 0 Å². The van der Waals surface area contributed by atoms with Gasteiger partial charge in [0.05, 0.1) is 6.10 Å². The zero-order valence-electron chi connectivity index (χ0n) is 11.0. The van der Waals surface area contributed by atoms with Crippen molar-refractivity contribution in [1.29, 1.82) is 0 Å². The van der Waals surface area contributed by atoms with E-state index >= 15 is 0 Å². The molecule has 1 saturated heterocycles. The van der Waals surface area contributed by atoms with Gasteiger partial charge in [0.2, 0.25) is 0 Å². The van der Waals surface area contributed by atoms with Crippen LogP contribution >= 0.6 is 0 Å². The summed E-state index contributed by atoms with van der Waals surface area (Å²) in [6.07, 6.45) is 4.80. The van der Waals surface area contributed by atoms with Crippen molar-refractivity contribution in [3.8, 4) is 0 Å². The number of hydrogen-bond acceptors (Lipinski definition) is 5. The van der Waals surface area contributed by atoms with Crippen LogP contribution in [0, 0.1) is 18.3 Å². The summed E-state index contributed by atoms with van der Waals surface area (Å²) in [7, 11) is 1.94. The van der Waals surface area contributed by atoms with Crippen LogP contribution in [0.4, 0.5) is 0 Å². The fourth-order valence-corrected chi connectivity index (χ4v) is 2.84. The molecule has 1 aliphatic carbocycles. The molecule has 2 aliphatic rings. The van der Waals surface area contributed by atoms with Gasteiger partial charge in [-0.15, -0.1) is 0 Å². The first-order valence-electron chi connectivity index (χ1n) is 6.94. The van der Waals surface area contributed by atoms with Crippen LogP contribution in [0.5, 0.6) is 0 Å². The molecule has 2 fully saturated rings. The van der Waals surface area contributed by atoms with Crippen molar-refractivity contribution in [2.45, 2.75) is 44.2 Å². The van der Waals surface area contributed by atoms with E-state index in [0.29, 0.717) is 12.3 Å². The Morgan fingerprint density at radius 2 is 2.17 bits per heavy atom.